The molecule has 338 valence electrons. The van der Waals surface area contributed by atoms with Crippen molar-refractivity contribution >= 4 is 69.3 Å². The number of halogens is 1. The summed E-state index contributed by atoms with van der Waals surface area (Å²) in [7, 11) is 3.15. The number of ether oxygens (including phenoxy) is 2. The van der Waals surface area contributed by atoms with Crippen molar-refractivity contribution in [1.29, 1.82) is 0 Å². The van der Waals surface area contributed by atoms with Gasteiger partial charge in [0.25, 0.3) is 17.4 Å². The lowest BCUT2D eigenvalue weighted by Crippen LogP contribution is -2.61. The summed E-state index contributed by atoms with van der Waals surface area (Å²) in [4.78, 5) is 81.1. The average Bonchev–Trinajstić information content (AvgIpc) is 3.59. The summed E-state index contributed by atoms with van der Waals surface area (Å²) in [5.74, 6) is 1.22. The Morgan fingerprint density at radius 2 is 1.75 bits per heavy atom. The van der Waals surface area contributed by atoms with Crippen molar-refractivity contribution in [3.63, 3.8) is 0 Å². The zero-order valence-corrected chi connectivity index (χ0v) is 37.5. The van der Waals surface area contributed by atoms with Crippen LogP contribution in [0.25, 0.3) is 10.9 Å². The number of amides is 4. The maximum Gasteiger partial charge on any atom is 0.293 e. The molecule has 2 aromatic carbocycles. The molecular weight excluding hydrogens is 840 g/mol. The summed E-state index contributed by atoms with van der Waals surface area (Å²) in [6.45, 7) is 10.7. The van der Waals surface area contributed by atoms with E-state index in [-0.39, 0.29) is 48.1 Å². The van der Waals surface area contributed by atoms with E-state index in [1.807, 2.05) is 38.1 Å². The molecule has 0 saturated carbocycles. The summed E-state index contributed by atoms with van der Waals surface area (Å²) in [5.41, 5.74) is 3.90. The number of piperidine rings is 3. The van der Waals surface area contributed by atoms with Crippen LogP contribution in [0.5, 0.6) is 11.5 Å². The number of nitrogens with zero attached hydrogens (tertiary/aromatic N) is 7. The maximum atomic E-state index is 13.4. The number of hydrogen-bond acceptors (Lipinski definition) is 13. The van der Waals surface area contributed by atoms with Gasteiger partial charge in [-0.25, -0.2) is 4.98 Å². The minimum absolute atomic E-state index is 0.0977. The van der Waals surface area contributed by atoms with Gasteiger partial charge in [-0.1, -0.05) is 11.6 Å². The van der Waals surface area contributed by atoms with Gasteiger partial charge in [-0.05, 0) is 99.2 Å². The number of hydrogen-bond donors (Lipinski definition) is 3. The van der Waals surface area contributed by atoms with Gasteiger partial charge in [-0.15, -0.1) is 0 Å². The molecule has 17 nitrogen and oxygen atoms in total. The Balaban J connectivity index is 0.772. The second kappa shape index (κ2) is 17.6. The Morgan fingerprint density at radius 3 is 2.45 bits per heavy atom. The van der Waals surface area contributed by atoms with Gasteiger partial charge >= 0.3 is 0 Å². The van der Waals surface area contributed by atoms with E-state index in [0.29, 0.717) is 52.4 Å². The van der Waals surface area contributed by atoms with E-state index in [0.717, 1.165) is 99.3 Å². The van der Waals surface area contributed by atoms with Gasteiger partial charge in [0.1, 0.15) is 16.8 Å². The molecule has 5 aliphatic rings. The molecule has 1 spiro atoms. The molecule has 3 N–H and O–H groups in total. The van der Waals surface area contributed by atoms with Crippen LogP contribution in [0.4, 0.5) is 23.1 Å². The summed E-state index contributed by atoms with van der Waals surface area (Å²) in [6.07, 6.45) is 6.44. The molecule has 18 heteroatoms. The zero-order valence-electron chi connectivity index (χ0n) is 36.7. The molecule has 0 radical (unpaired) electrons. The molecule has 4 saturated heterocycles. The molecule has 1 atom stereocenters. The van der Waals surface area contributed by atoms with Crippen molar-refractivity contribution in [1.82, 2.24) is 35.0 Å². The van der Waals surface area contributed by atoms with E-state index in [1.165, 1.54) is 7.05 Å². The lowest BCUT2D eigenvalue weighted by atomic mass is 9.71. The van der Waals surface area contributed by atoms with Crippen LogP contribution in [-0.4, -0.2) is 121 Å². The van der Waals surface area contributed by atoms with Gasteiger partial charge in [-0.3, -0.25) is 29.3 Å². The van der Waals surface area contributed by atoms with E-state index >= 15 is 0 Å². The van der Waals surface area contributed by atoms with Crippen LogP contribution in [-0.2, 0) is 20.9 Å². The number of rotatable bonds is 12. The van der Waals surface area contributed by atoms with Gasteiger partial charge in [0.2, 0.25) is 17.8 Å². The standard InChI is InChI=1S/C46H55ClN10O7/c1-27(2)57-34-6-5-31(17-29(34)19-38(44(57)62)64-24-40(59)48-3)50-41-33(47)21-49-45(52-41)55-13-9-28(10-14-55)22-53-25-46(26-53)11-15-54(16-12-46)36-18-30-23-56(35-7-8-39(58)51-42(35)60)43(61)32(30)20-37(36)63-4/h5-6,17-21,27-28,35H,7-16,22-26H2,1-4H3,(H,48,59)(H,49,50,52)(H,51,58,60). The van der Waals surface area contributed by atoms with Crippen LogP contribution in [0.3, 0.4) is 0 Å². The molecule has 4 amide bonds. The van der Waals surface area contributed by atoms with Crippen molar-refractivity contribution in [2.75, 3.05) is 81.7 Å². The molecule has 1 unspecified atom stereocenters. The van der Waals surface area contributed by atoms with Gasteiger partial charge in [0, 0.05) is 88.5 Å². The minimum Gasteiger partial charge on any atom is -0.495 e. The first-order chi connectivity index (χ1) is 30.8. The summed E-state index contributed by atoms with van der Waals surface area (Å²) >= 11 is 6.62. The first-order valence-corrected chi connectivity index (χ1v) is 22.6. The van der Waals surface area contributed by atoms with Crippen molar-refractivity contribution in [3.8, 4) is 11.5 Å². The number of aromatic nitrogens is 3. The Labute approximate surface area is 376 Å². The number of imide groups is 1. The highest BCUT2D eigenvalue weighted by atomic mass is 35.5. The van der Waals surface area contributed by atoms with Gasteiger partial charge in [0.15, 0.2) is 18.2 Å². The highest BCUT2D eigenvalue weighted by Gasteiger charge is 2.46. The number of likely N-dealkylation sites (N-methyl/N-ethyl adjacent to an activating group) is 1. The third-order valence-electron chi connectivity index (χ3n) is 13.7. The zero-order chi connectivity index (χ0) is 44.9. The summed E-state index contributed by atoms with van der Waals surface area (Å²) in [6, 6.07) is 10.4. The Bertz CT molecular complexity index is 2560. The fraction of sp³-hybridized carbons (Fsp3) is 0.500. The van der Waals surface area contributed by atoms with E-state index in [1.54, 1.807) is 28.8 Å². The van der Waals surface area contributed by atoms with E-state index in [2.05, 4.69) is 41.7 Å². The topological polar surface area (TPSA) is 184 Å². The molecule has 2 aromatic heterocycles. The number of benzene rings is 2. The Kier molecular flexibility index (Phi) is 11.9. The maximum absolute atomic E-state index is 13.4. The third-order valence-corrected chi connectivity index (χ3v) is 13.9. The molecule has 9 rings (SSSR count). The predicted octanol–water partition coefficient (Wildman–Crippen LogP) is 4.48. The number of nitrogens with one attached hydrogen (secondary N) is 3. The van der Waals surface area contributed by atoms with Crippen LogP contribution in [0.2, 0.25) is 5.02 Å². The number of methoxy groups -OCH3 is 1. The number of carbonyl (C=O) groups excluding carboxylic acids is 4. The minimum atomic E-state index is -0.648. The van der Waals surface area contributed by atoms with Crippen LogP contribution < -0.4 is 40.8 Å². The quantitative estimate of drug-likeness (QED) is 0.170. The van der Waals surface area contributed by atoms with Crippen molar-refractivity contribution in [2.24, 2.45) is 11.3 Å². The number of anilines is 4. The van der Waals surface area contributed by atoms with E-state index < -0.39 is 11.9 Å². The largest absolute Gasteiger partial charge is 0.495 e. The van der Waals surface area contributed by atoms with Gasteiger partial charge in [-0.2, -0.15) is 4.98 Å². The average molecular weight is 895 g/mol. The van der Waals surface area contributed by atoms with Gasteiger partial charge < -0.3 is 44.3 Å². The van der Waals surface area contributed by atoms with Crippen molar-refractivity contribution < 1.29 is 28.7 Å². The lowest BCUT2D eigenvalue weighted by Gasteiger charge is -2.55. The van der Waals surface area contributed by atoms with Crippen LogP contribution >= 0.6 is 11.6 Å². The SMILES string of the molecule is CNC(=O)COc1cc2cc(Nc3nc(N4CCC(CN5CC6(CCN(c7cc8c(cc7OC)C(=O)N(C7CCC(=O)NC7=O)C8)CC6)C5)CC4)ncc3Cl)ccc2n(C(C)C)c1=O. The third kappa shape index (κ3) is 8.42. The molecule has 0 bridgehead atoms. The monoisotopic (exact) mass is 894 g/mol. The lowest BCUT2D eigenvalue weighted by molar-refractivity contribution is -0.137. The fourth-order valence-corrected chi connectivity index (χ4v) is 10.3. The number of carbonyl (C=O) groups is 4. The van der Waals surface area contributed by atoms with Crippen molar-refractivity contribution in [3.05, 3.63) is 69.1 Å². The normalized spacial score (nSPS) is 20.1. The van der Waals surface area contributed by atoms with E-state index in [4.69, 9.17) is 26.1 Å². The summed E-state index contributed by atoms with van der Waals surface area (Å²) in [5, 5.41) is 9.39. The number of pyridine rings is 1. The highest BCUT2D eigenvalue weighted by Crippen LogP contribution is 2.45. The molecule has 7 heterocycles. The number of fused-ring (bicyclic) bond motifs is 2. The molecule has 5 aliphatic heterocycles. The molecule has 64 heavy (non-hydrogen) atoms. The molecule has 4 fully saturated rings. The van der Waals surface area contributed by atoms with E-state index in [9.17, 15) is 24.0 Å². The van der Waals surface area contributed by atoms with Crippen molar-refractivity contribution in [2.45, 2.75) is 71.0 Å². The van der Waals surface area contributed by atoms with Crippen LogP contribution in [0.15, 0.2) is 47.4 Å². The number of likely N-dealkylation sites (tertiary alicyclic amines) is 1. The second-order valence-electron chi connectivity index (χ2n) is 18.2. The highest BCUT2D eigenvalue weighted by molar-refractivity contribution is 6.33. The van der Waals surface area contributed by atoms with Crippen LogP contribution in [0, 0.1) is 11.3 Å². The molecule has 4 aromatic rings. The second-order valence-corrected chi connectivity index (χ2v) is 18.6. The van der Waals surface area contributed by atoms with Gasteiger partial charge in [0.05, 0.1) is 24.5 Å². The first kappa shape index (κ1) is 43.3. The summed E-state index contributed by atoms with van der Waals surface area (Å²) < 4.78 is 13.1. The predicted molar refractivity (Wildman–Crippen MR) is 243 cm³/mol. The first-order valence-electron chi connectivity index (χ1n) is 22.2. The smallest absolute Gasteiger partial charge is 0.293 e. The Hall–Kier alpha value is -5.94. The molecular formula is C46H55ClN10O7. The Morgan fingerprint density at radius 1 is 0.984 bits per heavy atom. The fourth-order valence-electron chi connectivity index (χ4n) is 10.2. The molecule has 0 aliphatic carbocycles. The van der Waals surface area contributed by atoms with Crippen LogP contribution in [0.1, 0.15) is 74.3 Å².